The van der Waals surface area contributed by atoms with Crippen molar-refractivity contribution in [2.75, 3.05) is 0 Å². The van der Waals surface area contributed by atoms with E-state index in [0.717, 1.165) is 10.4 Å². The molecule has 3 nitrogen and oxygen atoms in total. The van der Waals surface area contributed by atoms with Gasteiger partial charge in [-0.05, 0) is 30.7 Å². The molecule has 0 radical (unpaired) electrons. The number of carbonyl (C=O) groups excluding carboxylic acids is 2. The van der Waals surface area contributed by atoms with E-state index in [1.54, 1.807) is 12.1 Å². The summed E-state index contributed by atoms with van der Waals surface area (Å²) in [6, 6.07) is 11.6. The highest BCUT2D eigenvalue weighted by Crippen LogP contribution is 2.18. The monoisotopic (exact) mass is 299 g/mol. The molecule has 2 rings (SSSR count). The number of ketones is 1. The summed E-state index contributed by atoms with van der Waals surface area (Å²) in [6.07, 6.45) is 3.41. The fourth-order valence-electron chi connectivity index (χ4n) is 1.84. The summed E-state index contributed by atoms with van der Waals surface area (Å²) >= 11 is 1.41. The smallest absolute Gasteiger partial charge is 0.217 e. The molecule has 1 aromatic heterocycles. The highest BCUT2D eigenvalue weighted by atomic mass is 32.1. The summed E-state index contributed by atoms with van der Waals surface area (Å²) < 4.78 is 0. The third-order valence-corrected chi connectivity index (χ3v) is 3.99. The van der Waals surface area contributed by atoms with Gasteiger partial charge in [-0.1, -0.05) is 35.9 Å². The number of thiophene rings is 1. The van der Waals surface area contributed by atoms with Crippen LogP contribution in [0, 0.1) is 6.92 Å². The molecule has 0 saturated carbocycles. The predicted octanol–water partition coefficient (Wildman–Crippen LogP) is 3.59. The number of hydrogen-bond acceptors (Lipinski definition) is 3. The molecule has 0 spiro atoms. The number of amides is 1. The lowest BCUT2D eigenvalue weighted by molar-refractivity contribution is -0.119. The standard InChI is InChI=1S/C17H17NO2S/c1-12-4-3-5-14(10-12)6-8-16(20)17-9-7-15(21-17)11-18-13(2)19/h3-10H,11H2,1-2H3,(H,18,19)/b8-6+. The maximum atomic E-state index is 12.1. The first-order valence-corrected chi connectivity index (χ1v) is 7.48. The average Bonchev–Trinajstić information content (AvgIpc) is 2.91. The van der Waals surface area contributed by atoms with Crippen LogP contribution in [-0.2, 0) is 11.3 Å². The summed E-state index contributed by atoms with van der Waals surface area (Å²) in [4.78, 5) is 24.6. The van der Waals surface area contributed by atoms with Gasteiger partial charge in [0.2, 0.25) is 5.91 Å². The van der Waals surface area contributed by atoms with Gasteiger partial charge in [-0.2, -0.15) is 0 Å². The highest BCUT2D eigenvalue weighted by Gasteiger charge is 2.06. The van der Waals surface area contributed by atoms with E-state index < -0.39 is 0 Å². The van der Waals surface area contributed by atoms with Gasteiger partial charge in [0, 0.05) is 11.8 Å². The molecule has 1 heterocycles. The van der Waals surface area contributed by atoms with Crippen LogP contribution in [-0.4, -0.2) is 11.7 Å². The molecule has 0 aliphatic carbocycles. The molecule has 2 aromatic rings. The van der Waals surface area contributed by atoms with Gasteiger partial charge < -0.3 is 5.32 Å². The van der Waals surface area contributed by atoms with E-state index in [2.05, 4.69) is 5.32 Å². The molecule has 21 heavy (non-hydrogen) atoms. The van der Waals surface area contributed by atoms with Crippen LogP contribution in [0.1, 0.15) is 32.6 Å². The van der Waals surface area contributed by atoms with Gasteiger partial charge in [-0.15, -0.1) is 11.3 Å². The lowest BCUT2D eigenvalue weighted by atomic mass is 10.1. The largest absolute Gasteiger partial charge is 0.351 e. The Kier molecular flexibility index (Phi) is 5.06. The lowest BCUT2D eigenvalue weighted by Gasteiger charge is -1.97. The number of benzene rings is 1. The zero-order valence-electron chi connectivity index (χ0n) is 12.1. The topological polar surface area (TPSA) is 46.2 Å². The molecular weight excluding hydrogens is 282 g/mol. The van der Waals surface area contributed by atoms with E-state index in [1.807, 2.05) is 43.3 Å². The van der Waals surface area contributed by atoms with Crippen LogP contribution >= 0.6 is 11.3 Å². The minimum absolute atomic E-state index is 0.0180. The molecule has 0 saturated heterocycles. The van der Waals surface area contributed by atoms with Crippen LogP contribution in [0.5, 0.6) is 0 Å². The van der Waals surface area contributed by atoms with Crippen LogP contribution in [0.2, 0.25) is 0 Å². The van der Waals surface area contributed by atoms with Crippen LogP contribution in [0.3, 0.4) is 0 Å². The van der Waals surface area contributed by atoms with Crippen molar-refractivity contribution in [1.82, 2.24) is 5.32 Å². The average molecular weight is 299 g/mol. The molecule has 1 aromatic carbocycles. The van der Waals surface area contributed by atoms with E-state index in [9.17, 15) is 9.59 Å². The Labute approximate surface area is 128 Å². The van der Waals surface area contributed by atoms with E-state index in [-0.39, 0.29) is 11.7 Å². The second-order valence-electron chi connectivity index (χ2n) is 4.79. The maximum Gasteiger partial charge on any atom is 0.217 e. The van der Waals surface area contributed by atoms with Crippen LogP contribution < -0.4 is 5.32 Å². The first kappa shape index (κ1) is 15.2. The molecule has 1 N–H and O–H groups in total. The SMILES string of the molecule is CC(=O)NCc1ccc(C(=O)/C=C/c2cccc(C)c2)s1. The Balaban J connectivity index is 2.01. The van der Waals surface area contributed by atoms with E-state index in [4.69, 9.17) is 0 Å². The van der Waals surface area contributed by atoms with Crippen molar-refractivity contribution in [3.05, 3.63) is 63.4 Å². The van der Waals surface area contributed by atoms with Crippen molar-refractivity contribution in [2.24, 2.45) is 0 Å². The Morgan fingerprint density at radius 2 is 2.05 bits per heavy atom. The van der Waals surface area contributed by atoms with Gasteiger partial charge in [-0.3, -0.25) is 9.59 Å². The predicted molar refractivity (Wildman–Crippen MR) is 86.4 cm³/mol. The normalized spacial score (nSPS) is 10.8. The Morgan fingerprint density at radius 3 is 2.76 bits per heavy atom. The van der Waals surface area contributed by atoms with Crippen molar-refractivity contribution in [2.45, 2.75) is 20.4 Å². The fraction of sp³-hybridized carbons (Fsp3) is 0.176. The zero-order valence-corrected chi connectivity index (χ0v) is 12.9. The Hall–Kier alpha value is -2.20. The third-order valence-electron chi connectivity index (χ3n) is 2.89. The van der Waals surface area contributed by atoms with Crippen LogP contribution in [0.15, 0.2) is 42.5 Å². The van der Waals surface area contributed by atoms with E-state index in [0.29, 0.717) is 11.4 Å². The Bertz CT molecular complexity index is 686. The molecule has 0 atom stereocenters. The highest BCUT2D eigenvalue weighted by molar-refractivity contribution is 7.14. The van der Waals surface area contributed by atoms with Gasteiger partial charge in [0.15, 0.2) is 5.78 Å². The summed E-state index contributed by atoms with van der Waals surface area (Å²) in [5, 5.41) is 2.72. The Morgan fingerprint density at radius 1 is 1.24 bits per heavy atom. The van der Waals surface area contributed by atoms with Crippen LogP contribution in [0.4, 0.5) is 0 Å². The fourth-order valence-corrected chi connectivity index (χ4v) is 2.71. The number of aryl methyl sites for hydroxylation is 1. The number of hydrogen-bond donors (Lipinski definition) is 1. The second-order valence-corrected chi connectivity index (χ2v) is 5.96. The van der Waals surface area contributed by atoms with Crippen molar-refractivity contribution in [3.8, 4) is 0 Å². The summed E-state index contributed by atoms with van der Waals surface area (Å²) in [5.41, 5.74) is 2.18. The van der Waals surface area contributed by atoms with Gasteiger partial charge in [0.05, 0.1) is 11.4 Å². The van der Waals surface area contributed by atoms with Gasteiger partial charge >= 0.3 is 0 Å². The number of carbonyl (C=O) groups is 2. The van der Waals surface area contributed by atoms with Crippen molar-refractivity contribution in [3.63, 3.8) is 0 Å². The molecule has 0 aliphatic heterocycles. The quantitative estimate of drug-likeness (QED) is 0.677. The summed E-state index contributed by atoms with van der Waals surface area (Å²) in [6.45, 7) is 3.96. The van der Waals surface area contributed by atoms with Gasteiger partial charge in [0.1, 0.15) is 0 Å². The number of allylic oxidation sites excluding steroid dienone is 1. The lowest BCUT2D eigenvalue weighted by Crippen LogP contribution is -2.18. The second kappa shape index (κ2) is 6.99. The summed E-state index contributed by atoms with van der Waals surface area (Å²) in [5.74, 6) is -0.0915. The molecule has 108 valence electrons. The molecule has 0 unspecified atom stereocenters. The van der Waals surface area contributed by atoms with Gasteiger partial charge in [-0.25, -0.2) is 0 Å². The summed E-state index contributed by atoms with van der Waals surface area (Å²) in [7, 11) is 0. The molecular formula is C17H17NO2S. The zero-order chi connectivity index (χ0) is 15.2. The van der Waals surface area contributed by atoms with Crippen molar-refractivity contribution < 1.29 is 9.59 Å². The minimum atomic E-state index is -0.0735. The van der Waals surface area contributed by atoms with Crippen LogP contribution in [0.25, 0.3) is 6.08 Å². The first-order valence-electron chi connectivity index (χ1n) is 6.67. The number of rotatable bonds is 5. The van der Waals surface area contributed by atoms with Crippen molar-refractivity contribution in [1.29, 1.82) is 0 Å². The molecule has 0 bridgehead atoms. The third kappa shape index (κ3) is 4.68. The number of nitrogens with one attached hydrogen (secondary N) is 1. The molecule has 0 fully saturated rings. The first-order chi connectivity index (χ1) is 10.0. The van der Waals surface area contributed by atoms with Crippen molar-refractivity contribution >= 4 is 29.1 Å². The molecule has 4 heteroatoms. The van der Waals surface area contributed by atoms with Gasteiger partial charge in [0.25, 0.3) is 0 Å². The molecule has 0 aliphatic rings. The minimum Gasteiger partial charge on any atom is -0.351 e. The maximum absolute atomic E-state index is 12.1. The van der Waals surface area contributed by atoms with E-state index in [1.165, 1.54) is 23.8 Å². The molecule has 1 amide bonds. The van der Waals surface area contributed by atoms with E-state index >= 15 is 0 Å².